The topological polar surface area (TPSA) is 27.0 Å². The van der Waals surface area contributed by atoms with E-state index in [9.17, 15) is 0 Å². The van der Waals surface area contributed by atoms with Crippen LogP contribution in [0.5, 0.6) is 0 Å². The van der Waals surface area contributed by atoms with Gasteiger partial charge in [0.2, 0.25) is 0 Å². The SMILES string of the molecule is CN(CCC1CC1)c1ccccc1C#N. The Morgan fingerprint density at radius 3 is 2.80 bits per heavy atom. The predicted molar refractivity (Wildman–Crippen MR) is 61.8 cm³/mol. The van der Waals surface area contributed by atoms with Crippen molar-refractivity contribution in [2.75, 3.05) is 18.5 Å². The van der Waals surface area contributed by atoms with Gasteiger partial charge in [-0.05, 0) is 24.5 Å². The van der Waals surface area contributed by atoms with E-state index in [1.807, 2.05) is 24.3 Å². The van der Waals surface area contributed by atoms with Crippen molar-refractivity contribution in [1.82, 2.24) is 0 Å². The van der Waals surface area contributed by atoms with Crippen molar-refractivity contribution in [2.45, 2.75) is 19.3 Å². The van der Waals surface area contributed by atoms with Gasteiger partial charge >= 0.3 is 0 Å². The lowest BCUT2D eigenvalue weighted by atomic mass is 10.1. The van der Waals surface area contributed by atoms with Crippen molar-refractivity contribution in [2.24, 2.45) is 5.92 Å². The summed E-state index contributed by atoms with van der Waals surface area (Å²) in [5.74, 6) is 0.946. The molecule has 0 atom stereocenters. The molecule has 0 spiro atoms. The van der Waals surface area contributed by atoms with Gasteiger partial charge in [0.25, 0.3) is 0 Å². The van der Waals surface area contributed by atoms with Crippen molar-refractivity contribution < 1.29 is 0 Å². The highest BCUT2D eigenvalue weighted by Crippen LogP contribution is 2.33. The summed E-state index contributed by atoms with van der Waals surface area (Å²) < 4.78 is 0. The zero-order valence-corrected chi connectivity index (χ0v) is 9.11. The number of nitrogens with zero attached hydrogens (tertiary/aromatic N) is 2. The van der Waals surface area contributed by atoms with Crippen LogP contribution in [0.3, 0.4) is 0 Å². The average Bonchev–Trinajstić information content (AvgIpc) is 3.09. The second-order valence-electron chi connectivity index (χ2n) is 4.28. The molecule has 0 N–H and O–H groups in total. The summed E-state index contributed by atoms with van der Waals surface area (Å²) in [6, 6.07) is 10.0. The van der Waals surface area contributed by atoms with Gasteiger partial charge in [-0.25, -0.2) is 0 Å². The van der Waals surface area contributed by atoms with E-state index in [2.05, 4.69) is 18.0 Å². The highest BCUT2D eigenvalue weighted by atomic mass is 15.1. The maximum atomic E-state index is 8.98. The summed E-state index contributed by atoms with van der Waals surface area (Å²) in [6.07, 6.45) is 4.05. The first-order chi connectivity index (χ1) is 7.31. The molecule has 0 amide bonds. The van der Waals surface area contributed by atoms with Crippen LogP contribution >= 0.6 is 0 Å². The maximum absolute atomic E-state index is 8.98. The van der Waals surface area contributed by atoms with Gasteiger partial charge in [-0.2, -0.15) is 5.26 Å². The molecule has 0 saturated heterocycles. The van der Waals surface area contributed by atoms with Gasteiger partial charge in [-0.3, -0.25) is 0 Å². The van der Waals surface area contributed by atoms with Gasteiger partial charge in [0, 0.05) is 13.6 Å². The number of para-hydroxylation sites is 1. The quantitative estimate of drug-likeness (QED) is 0.747. The minimum atomic E-state index is 0.774. The third kappa shape index (κ3) is 2.50. The van der Waals surface area contributed by atoms with E-state index in [4.69, 9.17) is 5.26 Å². The van der Waals surface area contributed by atoms with E-state index in [-0.39, 0.29) is 0 Å². The van der Waals surface area contributed by atoms with Crippen molar-refractivity contribution in [3.8, 4) is 6.07 Å². The third-order valence-corrected chi connectivity index (χ3v) is 3.01. The first-order valence-electron chi connectivity index (χ1n) is 5.51. The minimum absolute atomic E-state index is 0.774. The number of nitriles is 1. The van der Waals surface area contributed by atoms with E-state index < -0.39 is 0 Å². The Bertz CT molecular complexity index is 374. The summed E-state index contributed by atoms with van der Waals surface area (Å²) in [5.41, 5.74) is 1.83. The monoisotopic (exact) mass is 200 g/mol. The van der Waals surface area contributed by atoms with Gasteiger partial charge in [-0.15, -0.1) is 0 Å². The Hall–Kier alpha value is -1.49. The van der Waals surface area contributed by atoms with Crippen LogP contribution in [0.15, 0.2) is 24.3 Å². The molecule has 2 heteroatoms. The Labute approximate surface area is 91.1 Å². The highest BCUT2D eigenvalue weighted by molar-refractivity contribution is 5.58. The molecule has 1 aromatic rings. The van der Waals surface area contributed by atoms with Crippen molar-refractivity contribution in [3.05, 3.63) is 29.8 Å². The van der Waals surface area contributed by atoms with Gasteiger partial charge < -0.3 is 4.90 Å². The van der Waals surface area contributed by atoms with Gasteiger partial charge in [0.1, 0.15) is 6.07 Å². The summed E-state index contributed by atoms with van der Waals surface area (Å²) >= 11 is 0. The largest absolute Gasteiger partial charge is 0.374 e. The fraction of sp³-hybridized carbons (Fsp3) is 0.462. The summed E-state index contributed by atoms with van der Waals surface area (Å²) in [4.78, 5) is 2.19. The highest BCUT2D eigenvalue weighted by Gasteiger charge is 2.21. The molecular weight excluding hydrogens is 184 g/mol. The Balaban J connectivity index is 2.03. The van der Waals surface area contributed by atoms with Crippen LogP contribution in [-0.2, 0) is 0 Å². The Kier molecular flexibility index (Phi) is 2.91. The molecule has 78 valence electrons. The molecule has 1 fully saturated rings. The number of hydrogen-bond donors (Lipinski definition) is 0. The standard InChI is InChI=1S/C13H16N2/c1-15(9-8-11-6-7-11)13-5-3-2-4-12(13)10-14/h2-5,11H,6-9H2,1H3. The summed E-state index contributed by atoms with van der Waals surface area (Å²) in [7, 11) is 2.07. The molecular formula is C13H16N2. The molecule has 0 aromatic heterocycles. The van der Waals surface area contributed by atoms with Crippen LogP contribution in [0.4, 0.5) is 5.69 Å². The van der Waals surface area contributed by atoms with E-state index in [0.717, 1.165) is 23.7 Å². The minimum Gasteiger partial charge on any atom is -0.374 e. The Morgan fingerprint density at radius 1 is 1.40 bits per heavy atom. The second kappa shape index (κ2) is 4.35. The van der Waals surface area contributed by atoms with Crippen LogP contribution in [0.2, 0.25) is 0 Å². The van der Waals surface area contributed by atoms with Crippen LogP contribution < -0.4 is 4.90 Å². The first kappa shape index (κ1) is 10.0. The van der Waals surface area contributed by atoms with E-state index in [1.165, 1.54) is 19.3 Å². The zero-order valence-electron chi connectivity index (χ0n) is 9.11. The molecule has 1 aliphatic rings. The lowest BCUT2D eigenvalue weighted by Crippen LogP contribution is -2.19. The molecule has 1 aromatic carbocycles. The van der Waals surface area contributed by atoms with Crippen molar-refractivity contribution in [3.63, 3.8) is 0 Å². The number of anilines is 1. The molecule has 0 unspecified atom stereocenters. The molecule has 2 nitrogen and oxygen atoms in total. The number of hydrogen-bond acceptors (Lipinski definition) is 2. The second-order valence-corrected chi connectivity index (χ2v) is 4.28. The van der Waals surface area contributed by atoms with Crippen LogP contribution in [0.1, 0.15) is 24.8 Å². The molecule has 1 aliphatic carbocycles. The first-order valence-corrected chi connectivity index (χ1v) is 5.51. The van der Waals surface area contributed by atoms with Crippen LogP contribution in [0.25, 0.3) is 0 Å². The van der Waals surface area contributed by atoms with Crippen LogP contribution in [0, 0.1) is 17.2 Å². The average molecular weight is 200 g/mol. The maximum Gasteiger partial charge on any atom is 0.101 e. The fourth-order valence-electron chi connectivity index (χ4n) is 1.80. The molecule has 0 aliphatic heterocycles. The molecule has 0 radical (unpaired) electrons. The van der Waals surface area contributed by atoms with E-state index >= 15 is 0 Å². The molecule has 0 heterocycles. The number of benzene rings is 1. The summed E-state index contributed by atoms with van der Waals surface area (Å²) in [6.45, 7) is 1.06. The van der Waals surface area contributed by atoms with Gasteiger partial charge in [0.05, 0.1) is 11.3 Å². The van der Waals surface area contributed by atoms with Gasteiger partial charge in [-0.1, -0.05) is 25.0 Å². The predicted octanol–water partition coefficient (Wildman–Crippen LogP) is 2.79. The van der Waals surface area contributed by atoms with Gasteiger partial charge in [0.15, 0.2) is 0 Å². The molecule has 1 saturated carbocycles. The normalized spacial score (nSPS) is 14.7. The lowest BCUT2D eigenvalue weighted by Gasteiger charge is -2.20. The smallest absolute Gasteiger partial charge is 0.101 e. The fourth-order valence-corrected chi connectivity index (χ4v) is 1.80. The molecule has 0 bridgehead atoms. The van der Waals surface area contributed by atoms with E-state index in [1.54, 1.807) is 0 Å². The van der Waals surface area contributed by atoms with Crippen LogP contribution in [-0.4, -0.2) is 13.6 Å². The zero-order chi connectivity index (χ0) is 10.7. The third-order valence-electron chi connectivity index (χ3n) is 3.01. The molecule has 15 heavy (non-hydrogen) atoms. The van der Waals surface area contributed by atoms with Crippen molar-refractivity contribution in [1.29, 1.82) is 5.26 Å². The summed E-state index contributed by atoms with van der Waals surface area (Å²) in [5, 5.41) is 8.98. The molecule has 2 rings (SSSR count). The Morgan fingerprint density at radius 2 is 2.13 bits per heavy atom. The van der Waals surface area contributed by atoms with E-state index in [0.29, 0.717) is 0 Å². The number of rotatable bonds is 4. The lowest BCUT2D eigenvalue weighted by molar-refractivity contribution is 0.710. The van der Waals surface area contributed by atoms with Crippen molar-refractivity contribution >= 4 is 5.69 Å².